The summed E-state index contributed by atoms with van der Waals surface area (Å²) in [6, 6.07) is 5.18. The van der Waals surface area contributed by atoms with Gasteiger partial charge in [0, 0.05) is 18.2 Å². The molecule has 1 N–H and O–H groups in total. The van der Waals surface area contributed by atoms with Gasteiger partial charge < -0.3 is 19.5 Å². The maximum atomic E-state index is 12.0. The molecule has 1 fully saturated rings. The molecular weight excluding hydrogens is 322 g/mol. The van der Waals surface area contributed by atoms with E-state index in [0.29, 0.717) is 42.7 Å². The van der Waals surface area contributed by atoms with Gasteiger partial charge in [-0.2, -0.15) is 0 Å². The van der Waals surface area contributed by atoms with Crippen LogP contribution in [0.5, 0.6) is 11.5 Å². The summed E-state index contributed by atoms with van der Waals surface area (Å²) in [5.41, 5.74) is 0.573. The number of benzene rings is 1. The number of ether oxygens (including phenoxy) is 3. The van der Waals surface area contributed by atoms with Crippen molar-refractivity contribution >= 4 is 17.6 Å². The number of hydrogen-bond donors (Lipinski definition) is 1. The van der Waals surface area contributed by atoms with E-state index in [1.807, 2.05) is 13.8 Å². The minimum absolute atomic E-state index is 0.275. The molecule has 0 heterocycles. The number of nitrogens with one attached hydrogen (secondary N) is 1. The van der Waals surface area contributed by atoms with Crippen LogP contribution >= 0.6 is 0 Å². The normalized spacial score (nSPS) is 14.2. The molecule has 0 aliphatic heterocycles. The zero-order chi connectivity index (χ0) is 18.1. The van der Waals surface area contributed by atoms with E-state index in [1.54, 1.807) is 18.2 Å². The van der Waals surface area contributed by atoms with Gasteiger partial charge in [-0.3, -0.25) is 9.59 Å². The van der Waals surface area contributed by atoms with Crippen LogP contribution in [0.4, 0.5) is 5.69 Å². The first kappa shape index (κ1) is 19.1. The molecule has 0 atom stereocenters. The van der Waals surface area contributed by atoms with Gasteiger partial charge in [0.25, 0.3) is 5.91 Å². The number of amides is 1. The summed E-state index contributed by atoms with van der Waals surface area (Å²) < 4.78 is 16.1. The Bertz CT molecular complexity index is 581. The first-order chi connectivity index (χ1) is 12.1. The second-order valence-corrected chi connectivity index (χ2v) is 6.09. The molecular formula is C19H27NO5. The van der Waals surface area contributed by atoms with Crippen LogP contribution in [0, 0.1) is 5.92 Å². The van der Waals surface area contributed by atoms with Crippen LogP contribution in [-0.2, 0) is 14.3 Å². The molecule has 25 heavy (non-hydrogen) atoms. The Kier molecular flexibility index (Phi) is 7.57. The van der Waals surface area contributed by atoms with E-state index in [0.717, 1.165) is 12.8 Å². The molecule has 0 bridgehead atoms. The zero-order valence-electron chi connectivity index (χ0n) is 15.0. The predicted octanol–water partition coefficient (Wildman–Crippen LogP) is 3.55. The highest BCUT2D eigenvalue weighted by atomic mass is 16.5. The van der Waals surface area contributed by atoms with Gasteiger partial charge in [-0.25, -0.2) is 0 Å². The summed E-state index contributed by atoms with van der Waals surface area (Å²) in [6.07, 6.45) is 4.92. The Morgan fingerprint density at radius 2 is 1.76 bits per heavy atom. The molecule has 0 saturated heterocycles. The highest BCUT2D eigenvalue weighted by Crippen LogP contribution is 2.30. The van der Waals surface area contributed by atoms with Gasteiger partial charge in [0.05, 0.1) is 13.2 Å². The Morgan fingerprint density at radius 3 is 2.44 bits per heavy atom. The summed E-state index contributed by atoms with van der Waals surface area (Å²) in [6.45, 7) is 4.53. The monoisotopic (exact) mass is 349 g/mol. The summed E-state index contributed by atoms with van der Waals surface area (Å²) in [4.78, 5) is 23.7. The van der Waals surface area contributed by atoms with Crippen molar-refractivity contribution in [3.63, 3.8) is 0 Å². The maximum absolute atomic E-state index is 12.0. The smallest absolute Gasteiger partial charge is 0.306 e. The van der Waals surface area contributed by atoms with Crippen LogP contribution in [0.1, 0.15) is 46.0 Å². The van der Waals surface area contributed by atoms with E-state index in [-0.39, 0.29) is 18.5 Å². The van der Waals surface area contributed by atoms with E-state index in [2.05, 4.69) is 5.32 Å². The number of carbonyl (C=O) groups is 2. The second-order valence-electron chi connectivity index (χ2n) is 6.09. The van der Waals surface area contributed by atoms with Crippen LogP contribution in [0.3, 0.4) is 0 Å². The van der Waals surface area contributed by atoms with E-state index >= 15 is 0 Å². The molecule has 0 radical (unpaired) electrons. The van der Waals surface area contributed by atoms with Crippen molar-refractivity contribution < 1.29 is 23.8 Å². The number of carbonyl (C=O) groups excluding carboxylic acids is 2. The zero-order valence-corrected chi connectivity index (χ0v) is 15.0. The fourth-order valence-corrected chi connectivity index (χ4v) is 2.98. The SMILES string of the molecule is CCOc1ccc(NC(=O)COC(=O)CC2CCCC2)cc1OCC. The number of esters is 1. The minimum atomic E-state index is -0.369. The van der Waals surface area contributed by atoms with Crippen molar-refractivity contribution in [2.45, 2.75) is 46.0 Å². The first-order valence-corrected chi connectivity index (χ1v) is 8.97. The lowest BCUT2D eigenvalue weighted by atomic mass is 10.1. The van der Waals surface area contributed by atoms with Gasteiger partial charge in [0.2, 0.25) is 0 Å². The van der Waals surface area contributed by atoms with E-state index in [1.165, 1.54) is 12.8 Å². The molecule has 0 aromatic heterocycles. The largest absolute Gasteiger partial charge is 0.490 e. The Hall–Kier alpha value is -2.24. The molecule has 1 aliphatic rings. The van der Waals surface area contributed by atoms with Crippen LogP contribution in [0.25, 0.3) is 0 Å². The molecule has 1 aromatic carbocycles. The third-order valence-electron chi connectivity index (χ3n) is 4.12. The lowest BCUT2D eigenvalue weighted by Gasteiger charge is -2.13. The molecule has 1 aromatic rings. The van der Waals surface area contributed by atoms with Gasteiger partial charge in [-0.05, 0) is 44.7 Å². The van der Waals surface area contributed by atoms with Gasteiger partial charge >= 0.3 is 5.97 Å². The average molecular weight is 349 g/mol. The average Bonchev–Trinajstić information content (AvgIpc) is 3.09. The Morgan fingerprint density at radius 1 is 1.08 bits per heavy atom. The van der Waals surface area contributed by atoms with Crippen molar-refractivity contribution in [2.75, 3.05) is 25.1 Å². The van der Waals surface area contributed by atoms with Crippen molar-refractivity contribution in [2.24, 2.45) is 5.92 Å². The highest BCUT2D eigenvalue weighted by Gasteiger charge is 2.19. The second kappa shape index (κ2) is 9.91. The van der Waals surface area contributed by atoms with Crippen LogP contribution in [-0.4, -0.2) is 31.7 Å². The van der Waals surface area contributed by atoms with E-state index < -0.39 is 0 Å². The lowest BCUT2D eigenvalue weighted by Crippen LogP contribution is -2.21. The third kappa shape index (κ3) is 6.29. The van der Waals surface area contributed by atoms with Crippen LogP contribution < -0.4 is 14.8 Å². The number of hydrogen-bond acceptors (Lipinski definition) is 5. The first-order valence-electron chi connectivity index (χ1n) is 8.97. The van der Waals surface area contributed by atoms with Crippen molar-refractivity contribution in [1.82, 2.24) is 0 Å². The van der Waals surface area contributed by atoms with Crippen molar-refractivity contribution in [3.8, 4) is 11.5 Å². The fraction of sp³-hybridized carbons (Fsp3) is 0.579. The minimum Gasteiger partial charge on any atom is -0.490 e. The molecule has 1 amide bonds. The van der Waals surface area contributed by atoms with Gasteiger partial charge in [-0.1, -0.05) is 12.8 Å². The third-order valence-corrected chi connectivity index (χ3v) is 4.12. The Balaban J connectivity index is 1.82. The molecule has 138 valence electrons. The van der Waals surface area contributed by atoms with Crippen molar-refractivity contribution in [3.05, 3.63) is 18.2 Å². The molecule has 6 nitrogen and oxygen atoms in total. The summed E-state index contributed by atoms with van der Waals surface area (Å²) in [7, 11) is 0. The molecule has 2 rings (SSSR count). The predicted molar refractivity (Wildman–Crippen MR) is 94.9 cm³/mol. The quantitative estimate of drug-likeness (QED) is 0.690. The number of anilines is 1. The van der Waals surface area contributed by atoms with E-state index in [4.69, 9.17) is 14.2 Å². The molecule has 0 unspecified atom stereocenters. The molecule has 1 aliphatic carbocycles. The van der Waals surface area contributed by atoms with Crippen molar-refractivity contribution in [1.29, 1.82) is 0 Å². The van der Waals surface area contributed by atoms with Crippen LogP contribution in [0.2, 0.25) is 0 Å². The van der Waals surface area contributed by atoms with Gasteiger partial charge in [-0.15, -0.1) is 0 Å². The summed E-state index contributed by atoms with van der Waals surface area (Å²) >= 11 is 0. The van der Waals surface area contributed by atoms with Gasteiger partial charge in [0.15, 0.2) is 18.1 Å². The lowest BCUT2D eigenvalue weighted by molar-refractivity contribution is -0.148. The number of rotatable bonds is 9. The molecule has 1 saturated carbocycles. The maximum Gasteiger partial charge on any atom is 0.306 e. The van der Waals surface area contributed by atoms with E-state index in [9.17, 15) is 9.59 Å². The molecule has 0 spiro atoms. The topological polar surface area (TPSA) is 73.9 Å². The summed E-state index contributed by atoms with van der Waals surface area (Å²) in [5.74, 6) is 0.941. The summed E-state index contributed by atoms with van der Waals surface area (Å²) in [5, 5.41) is 2.71. The highest BCUT2D eigenvalue weighted by molar-refractivity contribution is 5.93. The van der Waals surface area contributed by atoms with Crippen LogP contribution in [0.15, 0.2) is 18.2 Å². The molecule has 6 heteroatoms. The fourth-order valence-electron chi connectivity index (χ4n) is 2.98. The standard InChI is InChI=1S/C19H27NO5/c1-3-23-16-10-9-15(12-17(16)24-4-2)20-18(21)13-25-19(22)11-14-7-5-6-8-14/h9-10,12,14H,3-8,11,13H2,1-2H3,(H,20,21). The Labute approximate surface area is 148 Å². The van der Waals surface area contributed by atoms with Gasteiger partial charge in [0.1, 0.15) is 0 Å².